The predicted octanol–water partition coefficient (Wildman–Crippen LogP) is 3.87. The lowest BCUT2D eigenvalue weighted by molar-refractivity contribution is 0.0730. The van der Waals surface area contributed by atoms with E-state index >= 15 is 0 Å². The zero-order chi connectivity index (χ0) is 14.5. The second-order valence-corrected chi connectivity index (χ2v) is 4.32. The van der Waals surface area contributed by atoms with E-state index in [1.54, 1.807) is 24.3 Å². The van der Waals surface area contributed by atoms with Crippen LogP contribution in [-0.4, -0.2) is 13.1 Å². The van der Waals surface area contributed by atoms with Crippen molar-refractivity contribution in [2.24, 2.45) is 0 Å². The monoisotopic (exact) mass is 268 g/mol. The second kappa shape index (κ2) is 6.06. The highest BCUT2D eigenvalue weighted by Crippen LogP contribution is 2.26. The van der Waals surface area contributed by atoms with Gasteiger partial charge in [0.1, 0.15) is 17.1 Å². The van der Waals surface area contributed by atoms with Gasteiger partial charge in [-0.25, -0.2) is 4.79 Å². The van der Waals surface area contributed by atoms with Crippen molar-refractivity contribution < 1.29 is 14.3 Å². The van der Waals surface area contributed by atoms with E-state index in [-0.39, 0.29) is 0 Å². The number of rotatable bonds is 4. The second-order valence-electron chi connectivity index (χ2n) is 4.32. The van der Waals surface area contributed by atoms with Crippen LogP contribution in [0.1, 0.15) is 21.5 Å². The molecule has 2 rings (SSSR count). The fourth-order valence-electron chi connectivity index (χ4n) is 1.97. The van der Waals surface area contributed by atoms with Crippen molar-refractivity contribution in [2.75, 3.05) is 7.11 Å². The maximum Gasteiger partial charge on any atom is 0.347 e. The molecule has 0 radical (unpaired) electrons. The summed E-state index contributed by atoms with van der Waals surface area (Å²) >= 11 is 0. The van der Waals surface area contributed by atoms with Crippen molar-refractivity contribution in [3.8, 4) is 11.5 Å². The zero-order valence-corrected chi connectivity index (χ0v) is 11.6. The summed E-state index contributed by atoms with van der Waals surface area (Å²) < 4.78 is 10.6. The van der Waals surface area contributed by atoms with Gasteiger partial charge in [-0.2, -0.15) is 0 Å². The van der Waals surface area contributed by atoms with Gasteiger partial charge in [-0.3, -0.25) is 0 Å². The number of hydrogen-bond donors (Lipinski definition) is 0. The minimum absolute atomic E-state index is 0.429. The Kier molecular flexibility index (Phi) is 4.20. The molecule has 3 heteroatoms. The first kappa shape index (κ1) is 13.9. The molecule has 0 aromatic heterocycles. The Morgan fingerprint density at radius 1 is 1.20 bits per heavy atom. The average molecular weight is 268 g/mol. The van der Waals surface area contributed by atoms with Crippen molar-refractivity contribution >= 4 is 12.0 Å². The third-order valence-corrected chi connectivity index (χ3v) is 2.94. The van der Waals surface area contributed by atoms with E-state index in [1.165, 1.54) is 7.11 Å². The molecule has 0 aliphatic heterocycles. The van der Waals surface area contributed by atoms with Gasteiger partial charge in [0.2, 0.25) is 0 Å². The first-order chi connectivity index (χ1) is 9.65. The van der Waals surface area contributed by atoms with E-state index in [9.17, 15) is 4.79 Å². The van der Waals surface area contributed by atoms with Gasteiger partial charge in [0.15, 0.2) is 0 Å². The van der Waals surface area contributed by atoms with Crippen molar-refractivity contribution in [3.05, 3.63) is 65.7 Å². The smallest absolute Gasteiger partial charge is 0.347 e. The number of carbonyl (C=O) groups excluding carboxylic acids is 1. The molecule has 2 aromatic rings. The summed E-state index contributed by atoms with van der Waals surface area (Å²) in [5, 5.41) is 0. The number of methoxy groups -OCH3 is 1. The van der Waals surface area contributed by atoms with Gasteiger partial charge in [-0.05, 0) is 36.2 Å². The quantitative estimate of drug-likeness (QED) is 0.624. The molecule has 0 heterocycles. The number of ether oxygens (including phenoxy) is 2. The van der Waals surface area contributed by atoms with Crippen molar-refractivity contribution in [3.63, 3.8) is 0 Å². The highest BCUT2D eigenvalue weighted by atomic mass is 16.5. The maximum absolute atomic E-state index is 12.3. The minimum atomic E-state index is -0.429. The number of esters is 1. The first-order valence-corrected chi connectivity index (χ1v) is 6.24. The Labute approximate surface area is 118 Å². The number of aryl methyl sites for hydroxylation is 1. The number of benzene rings is 2. The minimum Gasteiger partial charge on any atom is -0.496 e. The summed E-state index contributed by atoms with van der Waals surface area (Å²) in [5.74, 6) is 0.564. The van der Waals surface area contributed by atoms with E-state index in [1.807, 2.05) is 31.2 Å². The molecule has 0 saturated heterocycles. The van der Waals surface area contributed by atoms with E-state index in [2.05, 4.69) is 6.58 Å². The summed E-state index contributed by atoms with van der Waals surface area (Å²) in [6.07, 6.45) is 1.71. The molecular formula is C17H16O3. The lowest BCUT2D eigenvalue weighted by Gasteiger charge is -2.12. The van der Waals surface area contributed by atoms with E-state index in [0.717, 1.165) is 11.1 Å². The van der Waals surface area contributed by atoms with Crippen LogP contribution in [0.3, 0.4) is 0 Å². The summed E-state index contributed by atoms with van der Waals surface area (Å²) in [6, 6.07) is 12.6. The Morgan fingerprint density at radius 3 is 2.50 bits per heavy atom. The fourth-order valence-corrected chi connectivity index (χ4v) is 1.97. The lowest BCUT2D eigenvalue weighted by atomic mass is 10.0. The average Bonchev–Trinajstić information content (AvgIpc) is 2.47. The Bertz CT molecular complexity index is 630. The number of carbonyl (C=O) groups is 1. The zero-order valence-electron chi connectivity index (χ0n) is 11.6. The van der Waals surface area contributed by atoms with Gasteiger partial charge in [-0.15, -0.1) is 0 Å². The van der Waals surface area contributed by atoms with Gasteiger partial charge in [0.25, 0.3) is 0 Å². The SMILES string of the molecule is C=Cc1cc(C)c(C(=O)Oc2ccccc2)c(OC)c1. The summed E-state index contributed by atoms with van der Waals surface area (Å²) in [7, 11) is 1.53. The van der Waals surface area contributed by atoms with Crippen LogP contribution in [0.25, 0.3) is 6.08 Å². The largest absolute Gasteiger partial charge is 0.496 e. The molecule has 0 atom stereocenters. The Morgan fingerprint density at radius 2 is 1.90 bits per heavy atom. The van der Waals surface area contributed by atoms with Crippen molar-refractivity contribution in [2.45, 2.75) is 6.92 Å². The van der Waals surface area contributed by atoms with Gasteiger partial charge in [-0.1, -0.05) is 36.9 Å². The standard InChI is InChI=1S/C17H16O3/c1-4-13-10-12(2)16(15(11-13)19-3)17(18)20-14-8-6-5-7-9-14/h4-11H,1H2,2-3H3. The van der Waals surface area contributed by atoms with Crippen LogP contribution in [0.2, 0.25) is 0 Å². The summed E-state index contributed by atoms with van der Waals surface area (Å²) in [5.41, 5.74) is 2.12. The molecule has 0 saturated carbocycles. The molecule has 3 nitrogen and oxygen atoms in total. The van der Waals surface area contributed by atoms with Crippen LogP contribution in [0.5, 0.6) is 11.5 Å². The van der Waals surface area contributed by atoms with E-state index in [4.69, 9.17) is 9.47 Å². The number of para-hydroxylation sites is 1. The molecule has 0 bridgehead atoms. The van der Waals surface area contributed by atoms with Gasteiger partial charge in [0.05, 0.1) is 7.11 Å². The molecule has 2 aromatic carbocycles. The van der Waals surface area contributed by atoms with Gasteiger partial charge < -0.3 is 9.47 Å². The predicted molar refractivity (Wildman–Crippen MR) is 79.2 cm³/mol. The summed E-state index contributed by atoms with van der Waals surface area (Å²) in [6.45, 7) is 5.56. The topological polar surface area (TPSA) is 35.5 Å². The third kappa shape index (κ3) is 2.88. The third-order valence-electron chi connectivity index (χ3n) is 2.94. The van der Waals surface area contributed by atoms with Crippen molar-refractivity contribution in [1.29, 1.82) is 0 Å². The molecule has 0 spiro atoms. The molecular weight excluding hydrogens is 252 g/mol. The molecule has 102 valence electrons. The van der Waals surface area contributed by atoms with E-state index in [0.29, 0.717) is 17.1 Å². The maximum atomic E-state index is 12.3. The molecule has 0 fully saturated rings. The highest BCUT2D eigenvalue weighted by Gasteiger charge is 2.18. The summed E-state index contributed by atoms with van der Waals surface area (Å²) in [4.78, 5) is 12.3. The first-order valence-electron chi connectivity index (χ1n) is 6.24. The molecule has 0 N–H and O–H groups in total. The van der Waals surface area contributed by atoms with Crippen LogP contribution in [0, 0.1) is 6.92 Å². The normalized spacial score (nSPS) is 9.90. The van der Waals surface area contributed by atoms with Gasteiger partial charge in [0, 0.05) is 0 Å². The van der Waals surface area contributed by atoms with Crippen LogP contribution in [0.15, 0.2) is 49.0 Å². The lowest BCUT2D eigenvalue weighted by Crippen LogP contribution is -2.12. The molecule has 20 heavy (non-hydrogen) atoms. The molecule has 0 aliphatic rings. The van der Waals surface area contributed by atoms with Crippen LogP contribution in [0.4, 0.5) is 0 Å². The van der Waals surface area contributed by atoms with Gasteiger partial charge >= 0.3 is 5.97 Å². The van der Waals surface area contributed by atoms with Crippen LogP contribution in [-0.2, 0) is 0 Å². The van der Waals surface area contributed by atoms with E-state index < -0.39 is 5.97 Å². The highest BCUT2D eigenvalue weighted by molar-refractivity contribution is 5.96. The van der Waals surface area contributed by atoms with Crippen LogP contribution < -0.4 is 9.47 Å². The Hall–Kier alpha value is -2.55. The van der Waals surface area contributed by atoms with Crippen LogP contribution >= 0.6 is 0 Å². The molecule has 0 amide bonds. The Balaban J connectivity index is 2.36. The fraction of sp³-hybridized carbons (Fsp3) is 0.118. The van der Waals surface area contributed by atoms with Crippen molar-refractivity contribution in [1.82, 2.24) is 0 Å². The molecule has 0 unspecified atom stereocenters. The number of hydrogen-bond acceptors (Lipinski definition) is 3. The molecule has 0 aliphatic carbocycles.